The van der Waals surface area contributed by atoms with Gasteiger partial charge in [-0.05, 0) is 56.8 Å². The van der Waals surface area contributed by atoms with E-state index in [4.69, 9.17) is 9.47 Å². The van der Waals surface area contributed by atoms with Crippen molar-refractivity contribution in [2.45, 2.75) is 52.5 Å². The highest BCUT2D eigenvalue weighted by Crippen LogP contribution is 2.48. The lowest BCUT2D eigenvalue weighted by Crippen LogP contribution is -2.32. The monoisotopic (exact) mass is 291 g/mol. The zero-order chi connectivity index (χ0) is 15.3. The van der Waals surface area contributed by atoms with Crippen molar-refractivity contribution < 1.29 is 9.47 Å². The Morgan fingerprint density at radius 1 is 1.10 bits per heavy atom. The molecule has 0 aliphatic heterocycles. The van der Waals surface area contributed by atoms with Crippen molar-refractivity contribution in [3.05, 3.63) is 23.8 Å². The molecular weight excluding hydrogens is 262 g/mol. The van der Waals surface area contributed by atoms with Crippen LogP contribution in [0.3, 0.4) is 0 Å². The summed E-state index contributed by atoms with van der Waals surface area (Å²) < 4.78 is 11.4. The van der Waals surface area contributed by atoms with Gasteiger partial charge >= 0.3 is 0 Å². The van der Waals surface area contributed by atoms with E-state index in [2.05, 4.69) is 31.4 Å². The Labute approximate surface area is 129 Å². The smallest absolute Gasteiger partial charge is 0.161 e. The van der Waals surface area contributed by atoms with Gasteiger partial charge in [0.05, 0.1) is 13.2 Å². The van der Waals surface area contributed by atoms with Gasteiger partial charge in [-0.2, -0.15) is 0 Å². The molecule has 1 aliphatic rings. The molecule has 1 unspecified atom stereocenters. The fourth-order valence-electron chi connectivity index (χ4n) is 3.64. The van der Waals surface area contributed by atoms with Gasteiger partial charge < -0.3 is 14.8 Å². The highest BCUT2D eigenvalue weighted by Gasteiger charge is 2.37. The number of ether oxygens (including phenoxy) is 2. The first-order chi connectivity index (χ1) is 10.1. The molecule has 0 spiro atoms. The van der Waals surface area contributed by atoms with Gasteiger partial charge in [0.15, 0.2) is 11.5 Å². The van der Waals surface area contributed by atoms with Crippen LogP contribution >= 0.6 is 0 Å². The molecule has 0 amide bonds. The quantitative estimate of drug-likeness (QED) is 0.811. The molecule has 3 heteroatoms. The second kappa shape index (κ2) is 7.17. The molecule has 3 nitrogen and oxygen atoms in total. The minimum absolute atomic E-state index is 0.339. The zero-order valence-corrected chi connectivity index (χ0v) is 13.9. The zero-order valence-electron chi connectivity index (χ0n) is 13.9. The fraction of sp³-hybridized carbons (Fsp3) is 0.667. The van der Waals surface area contributed by atoms with Gasteiger partial charge in [0.25, 0.3) is 0 Å². The second-order valence-corrected chi connectivity index (χ2v) is 6.16. The summed E-state index contributed by atoms with van der Waals surface area (Å²) >= 11 is 0. The molecule has 1 aliphatic carbocycles. The van der Waals surface area contributed by atoms with Crippen molar-refractivity contribution >= 4 is 0 Å². The molecule has 0 bridgehead atoms. The van der Waals surface area contributed by atoms with E-state index in [0.717, 1.165) is 11.5 Å². The molecule has 0 aromatic heterocycles. The van der Waals surface area contributed by atoms with Crippen molar-refractivity contribution in [3.8, 4) is 11.5 Å². The first-order valence-electron chi connectivity index (χ1n) is 8.21. The SMILES string of the molecule is CCOc1ccc(C(NC)C2(C)CCCC2)cc1OCC. The molecule has 0 heterocycles. The predicted octanol–water partition coefficient (Wildman–Crippen LogP) is 4.32. The van der Waals surface area contributed by atoms with Crippen LogP contribution in [0.4, 0.5) is 0 Å². The van der Waals surface area contributed by atoms with E-state index in [-0.39, 0.29) is 0 Å². The Morgan fingerprint density at radius 2 is 1.71 bits per heavy atom. The number of benzene rings is 1. The Hall–Kier alpha value is -1.22. The Morgan fingerprint density at radius 3 is 2.29 bits per heavy atom. The van der Waals surface area contributed by atoms with Gasteiger partial charge in [-0.3, -0.25) is 0 Å². The summed E-state index contributed by atoms with van der Waals surface area (Å²) in [6.45, 7) is 7.73. The molecule has 1 aromatic rings. The second-order valence-electron chi connectivity index (χ2n) is 6.16. The largest absolute Gasteiger partial charge is 0.490 e. The van der Waals surface area contributed by atoms with Crippen molar-refractivity contribution in [1.29, 1.82) is 0 Å². The normalized spacial score (nSPS) is 18.5. The van der Waals surface area contributed by atoms with Crippen LogP contribution in [-0.2, 0) is 0 Å². The van der Waals surface area contributed by atoms with Gasteiger partial charge in [-0.25, -0.2) is 0 Å². The van der Waals surface area contributed by atoms with Crippen molar-refractivity contribution in [1.82, 2.24) is 5.32 Å². The molecule has 1 fully saturated rings. The highest BCUT2D eigenvalue weighted by atomic mass is 16.5. The number of hydrogen-bond acceptors (Lipinski definition) is 3. The molecule has 1 atom stereocenters. The Bertz CT molecular complexity index is 453. The molecule has 118 valence electrons. The summed E-state index contributed by atoms with van der Waals surface area (Å²) in [6, 6.07) is 6.75. The van der Waals surface area contributed by atoms with Crippen molar-refractivity contribution in [3.63, 3.8) is 0 Å². The minimum atomic E-state index is 0.339. The first-order valence-corrected chi connectivity index (χ1v) is 8.21. The average Bonchev–Trinajstić information content (AvgIpc) is 2.90. The van der Waals surface area contributed by atoms with E-state index >= 15 is 0 Å². The lowest BCUT2D eigenvalue weighted by Gasteiger charge is -2.34. The standard InChI is InChI=1S/C18H29NO2/c1-5-20-15-10-9-14(13-16(15)21-6-2)17(19-4)18(3)11-7-8-12-18/h9-10,13,17,19H,5-8,11-12H2,1-4H3. The van der Waals surface area contributed by atoms with Crippen LogP contribution in [-0.4, -0.2) is 20.3 Å². The minimum Gasteiger partial charge on any atom is -0.490 e. The molecule has 2 rings (SSSR count). The maximum atomic E-state index is 5.77. The number of rotatable bonds is 7. The predicted molar refractivity (Wildman–Crippen MR) is 87.2 cm³/mol. The maximum absolute atomic E-state index is 5.77. The first kappa shape index (κ1) is 16.2. The summed E-state index contributed by atoms with van der Waals surface area (Å²) in [6.07, 6.45) is 5.25. The van der Waals surface area contributed by atoms with E-state index in [1.54, 1.807) is 0 Å². The van der Waals surface area contributed by atoms with E-state index in [0.29, 0.717) is 24.7 Å². The summed E-state index contributed by atoms with van der Waals surface area (Å²) in [5.74, 6) is 1.70. The van der Waals surface area contributed by atoms with E-state index in [1.165, 1.54) is 31.2 Å². The van der Waals surface area contributed by atoms with Crippen LogP contribution < -0.4 is 14.8 Å². The summed E-state index contributed by atoms with van der Waals surface area (Å²) in [5, 5.41) is 3.53. The van der Waals surface area contributed by atoms with Crippen LogP contribution in [0.25, 0.3) is 0 Å². The third-order valence-corrected chi connectivity index (χ3v) is 4.63. The molecule has 1 aromatic carbocycles. The highest BCUT2D eigenvalue weighted by molar-refractivity contribution is 5.44. The summed E-state index contributed by atoms with van der Waals surface area (Å²) in [5.41, 5.74) is 1.64. The molecule has 0 radical (unpaired) electrons. The van der Waals surface area contributed by atoms with Gasteiger partial charge in [0.1, 0.15) is 0 Å². The van der Waals surface area contributed by atoms with Crippen LogP contribution in [0.1, 0.15) is 58.1 Å². The van der Waals surface area contributed by atoms with Crippen LogP contribution in [0, 0.1) is 5.41 Å². The Kier molecular flexibility index (Phi) is 5.51. The third kappa shape index (κ3) is 3.52. The van der Waals surface area contributed by atoms with Gasteiger partial charge in [-0.1, -0.05) is 25.8 Å². The van der Waals surface area contributed by atoms with E-state index in [1.807, 2.05) is 19.9 Å². The number of nitrogens with one attached hydrogen (secondary N) is 1. The Balaban J connectivity index is 2.30. The molecule has 1 saturated carbocycles. The number of hydrogen-bond donors (Lipinski definition) is 1. The average molecular weight is 291 g/mol. The lowest BCUT2D eigenvalue weighted by molar-refractivity contribution is 0.232. The molecular formula is C18H29NO2. The van der Waals surface area contributed by atoms with Gasteiger partial charge in [0, 0.05) is 6.04 Å². The lowest BCUT2D eigenvalue weighted by atomic mass is 9.77. The topological polar surface area (TPSA) is 30.5 Å². The summed E-state index contributed by atoms with van der Waals surface area (Å²) in [7, 11) is 2.06. The summed E-state index contributed by atoms with van der Waals surface area (Å²) in [4.78, 5) is 0. The molecule has 21 heavy (non-hydrogen) atoms. The van der Waals surface area contributed by atoms with Gasteiger partial charge in [-0.15, -0.1) is 0 Å². The van der Waals surface area contributed by atoms with Crippen LogP contribution in [0.15, 0.2) is 18.2 Å². The fourth-order valence-corrected chi connectivity index (χ4v) is 3.64. The van der Waals surface area contributed by atoms with E-state index in [9.17, 15) is 0 Å². The van der Waals surface area contributed by atoms with E-state index < -0.39 is 0 Å². The van der Waals surface area contributed by atoms with Gasteiger partial charge in [0.2, 0.25) is 0 Å². The van der Waals surface area contributed by atoms with Crippen molar-refractivity contribution in [2.75, 3.05) is 20.3 Å². The molecule has 0 saturated heterocycles. The molecule has 1 N–H and O–H groups in total. The third-order valence-electron chi connectivity index (χ3n) is 4.63. The van der Waals surface area contributed by atoms with Crippen LogP contribution in [0.2, 0.25) is 0 Å². The van der Waals surface area contributed by atoms with Crippen LogP contribution in [0.5, 0.6) is 11.5 Å². The van der Waals surface area contributed by atoms with Crippen molar-refractivity contribution in [2.24, 2.45) is 5.41 Å². The maximum Gasteiger partial charge on any atom is 0.161 e.